The molecule has 1 rings (SSSR count). The lowest BCUT2D eigenvalue weighted by Gasteiger charge is -2.21. The van der Waals surface area contributed by atoms with Gasteiger partial charge in [0.2, 0.25) is 0 Å². The van der Waals surface area contributed by atoms with Crippen LogP contribution in [0.1, 0.15) is 26.7 Å². The molecule has 0 bridgehead atoms. The molecule has 0 aliphatic carbocycles. The first-order valence-corrected chi connectivity index (χ1v) is 5.46. The zero-order valence-corrected chi connectivity index (χ0v) is 8.12. The van der Waals surface area contributed by atoms with E-state index in [-0.39, 0.29) is 0 Å². The lowest BCUT2D eigenvalue weighted by atomic mass is 9.93. The van der Waals surface area contributed by atoms with Crippen LogP contribution in [0, 0.1) is 11.8 Å². The maximum absolute atomic E-state index is 11.3. The van der Waals surface area contributed by atoms with E-state index in [1.807, 2.05) is 11.8 Å². The molecule has 1 heterocycles. The van der Waals surface area contributed by atoms with Crippen LogP contribution in [0.3, 0.4) is 0 Å². The van der Waals surface area contributed by atoms with Gasteiger partial charge in [-0.05, 0) is 12.3 Å². The van der Waals surface area contributed by atoms with Crippen LogP contribution in [0.25, 0.3) is 0 Å². The third kappa shape index (κ3) is 2.86. The van der Waals surface area contributed by atoms with Gasteiger partial charge >= 0.3 is 0 Å². The fraction of sp³-hybridized carbons (Fsp3) is 0.889. The third-order valence-corrected chi connectivity index (χ3v) is 3.15. The van der Waals surface area contributed by atoms with E-state index >= 15 is 0 Å². The van der Waals surface area contributed by atoms with Crippen molar-refractivity contribution in [3.05, 3.63) is 0 Å². The highest BCUT2D eigenvalue weighted by atomic mass is 32.2. The van der Waals surface area contributed by atoms with Crippen LogP contribution in [-0.4, -0.2) is 17.3 Å². The van der Waals surface area contributed by atoms with Crippen LogP contribution < -0.4 is 0 Å². The molecule has 11 heavy (non-hydrogen) atoms. The van der Waals surface area contributed by atoms with Gasteiger partial charge in [-0.25, -0.2) is 0 Å². The summed E-state index contributed by atoms with van der Waals surface area (Å²) in [4.78, 5) is 11.3. The zero-order chi connectivity index (χ0) is 8.27. The summed E-state index contributed by atoms with van der Waals surface area (Å²) in [6.45, 7) is 4.37. The molecular formula is C9H16OS. The summed E-state index contributed by atoms with van der Waals surface area (Å²) in [5, 5.41) is 0. The highest BCUT2D eigenvalue weighted by Crippen LogP contribution is 2.24. The van der Waals surface area contributed by atoms with E-state index in [0.29, 0.717) is 17.6 Å². The number of carbonyl (C=O) groups is 1. The average Bonchev–Trinajstić information content (AvgIpc) is 1.93. The molecule has 0 saturated carbocycles. The Balaban J connectivity index is 2.36. The maximum Gasteiger partial charge on any atom is 0.137 e. The molecule has 1 saturated heterocycles. The Morgan fingerprint density at radius 2 is 2.36 bits per heavy atom. The van der Waals surface area contributed by atoms with Crippen molar-refractivity contribution in [1.29, 1.82) is 0 Å². The third-order valence-electron chi connectivity index (χ3n) is 2.02. The fourth-order valence-corrected chi connectivity index (χ4v) is 2.58. The first kappa shape index (κ1) is 9.11. The number of thioether (sulfide) groups is 1. The second-order valence-electron chi connectivity index (χ2n) is 3.62. The first-order chi connectivity index (χ1) is 5.20. The van der Waals surface area contributed by atoms with Crippen LogP contribution in [0.15, 0.2) is 0 Å². The quantitative estimate of drug-likeness (QED) is 0.636. The Kier molecular flexibility index (Phi) is 3.44. The van der Waals surface area contributed by atoms with E-state index in [1.54, 1.807) is 0 Å². The lowest BCUT2D eigenvalue weighted by Crippen LogP contribution is -2.23. The highest BCUT2D eigenvalue weighted by Gasteiger charge is 2.22. The van der Waals surface area contributed by atoms with Crippen LogP contribution >= 0.6 is 11.8 Å². The van der Waals surface area contributed by atoms with Crippen molar-refractivity contribution in [2.45, 2.75) is 26.7 Å². The molecule has 1 atom stereocenters. The van der Waals surface area contributed by atoms with Gasteiger partial charge in [0.15, 0.2) is 0 Å². The van der Waals surface area contributed by atoms with Gasteiger partial charge in [-0.2, -0.15) is 11.8 Å². The van der Waals surface area contributed by atoms with Gasteiger partial charge in [-0.1, -0.05) is 13.8 Å². The number of carbonyl (C=O) groups excluding carboxylic acids is 1. The minimum absolute atomic E-state index is 0.369. The monoisotopic (exact) mass is 172 g/mol. The molecular weight excluding hydrogens is 156 g/mol. The molecule has 0 radical (unpaired) electrons. The molecule has 1 aliphatic heterocycles. The lowest BCUT2D eigenvalue weighted by molar-refractivity contribution is -0.122. The summed E-state index contributed by atoms with van der Waals surface area (Å²) in [6.07, 6.45) is 1.90. The van der Waals surface area contributed by atoms with Crippen LogP contribution in [0.4, 0.5) is 0 Å². The Labute approximate surface area is 72.9 Å². The molecule has 1 fully saturated rings. The number of Topliss-reactive ketones (excluding diaryl/α,β-unsaturated/α-hetero) is 1. The summed E-state index contributed by atoms with van der Waals surface area (Å²) in [5.74, 6) is 3.65. The summed E-state index contributed by atoms with van der Waals surface area (Å²) in [5.41, 5.74) is 0. The minimum atomic E-state index is 0.369. The smallest absolute Gasteiger partial charge is 0.137 e. The number of hydrogen-bond acceptors (Lipinski definition) is 2. The van der Waals surface area contributed by atoms with Crippen molar-refractivity contribution < 1.29 is 4.79 Å². The zero-order valence-electron chi connectivity index (χ0n) is 7.30. The van der Waals surface area contributed by atoms with Gasteiger partial charge < -0.3 is 0 Å². The van der Waals surface area contributed by atoms with Gasteiger partial charge in [0, 0.05) is 23.8 Å². The Bertz CT molecular complexity index is 142. The van der Waals surface area contributed by atoms with E-state index in [2.05, 4.69) is 13.8 Å². The van der Waals surface area contributed by atoms with Crippen LogP contribution in [-0.2, 0) is 4.79 Å². The van der Waals surface area contributed by atoms with Crippen molar-refractivity contribution in [2.24, 2.45) is 11.8 Å². The maximum atomic E-state index is 11.3. The van der Waals surface area contributed by atoms with Gasteiger partial charge in [-0.15, -0.1) is 0 Å². The Morgan fingerprint density at radius 1 is 1.64 bits per heavy atom. The molecule has 1 aliphatic rings. The normalized spacial score (nSPS) is 26.1. The summed E-state index contributed by atoms with van der Waals surface area (Å²) in [6, 6.07) is 0. The topological polar surface area (TPSA) is 17.1 Å². The van der Waals surface area contributed by atoms with E-state index in [9.17, 15) is 4.79 Å². The van der Waals surface area contributed by atoms with Gasteiger partial charge in [0.1, 0.15) is 5.78 Å². The van der Waals surface area contributed by atoms with Crippen molar-refractivity contribution in [3.63, 3.8) is 0 Å². The Hall–Kier alpha value is 0.0200. The molecule has 1 nitrogen and oxygen atoms in total. The number of rotatable bonds is 2. The molecule has 0 amide bonds. The van der Waals surface area contributed by atoms with Gasteiger partial charge in [0.25, 0.3) is 0 Å². The SMILES string of the molecule is CC(C)C[C@@H]1CSCCC1=O. The summed E-state index contributed by atoms with van der Waals surface area (Å²) >= 11 is 1.93. The summed E-state index contributed by atoms with van der Waals surface area (Å²) < 4.78 is 0. The van der Waals surface area contributed by atoms with Gasteiger partial charge in [-0.3, -0.25) is 4.79 Å². The van der Waals surface area contributed by atoms with Crippen LogP contribution in [0.2, 0.25) is 0 Å². The second-order valence-corrected chi connectivity index (χ2v) is 4.77. The van der Waals surface area contributed by atoms with E-state index in [4.69, 9.17) is 0 Å². The van der Waals surface area contributed by atoms with Crippen molar-refractivity contribution >= 4 is 17.5 Å². The van der Waals surface area contributed by atoms with Crippen molar-refractivity contribution in [2.75, 3.05) is 11.5 Å². The standard InChI is InChI=1S/C9H16OS/c1-7(2)5-8-6-11-4-3-9(8)10/h7-8H,3-6H2,1-2H3/t8-/m1/s1. The number of ketones is 1. The Morgan fingerprint density at radius 3 is 2.91 bits per heavy atom. The van der Waals surface area contributed by atoms with Crippen LogP contribution in [0.5, 0.6) is 0 Å². The molecule has 64 valence electrons. The highest BCUT2D eigenvalue weighted by molar-refractivity contribution is 7.99. The molecule has 0 unspecified atom stereocenters. The van der Waals surface area contributed by atoms with E-state index in [1.165, 1.54) is 0 Å². The molecule has 0 spiro atoms. The molecule has 0 aromatic rings. The van der Waals surface area contributed by atoms with Gasteiger partial charge in [0.05, 0.1) is 0 Å². The van der Waals surface area contributed by atoms with Crippen molar-refractivity contribution in [3.8, 4) is 0 Å². The molecule has 0 aromatic heterocycles. The van der Waals surface area contributed by atoms with Crippen molar-refractivity contribution in [1.82, 2.24) is 0 Å². The molecule has 2 heteroatoms. The fourth-order valence-electron chi connectivity index (χ4n) is 1.46. The van der Waals surface area contributed by atoms with E-state index < -0.39 is 0 Å². The first-order valence-electron chi connectivity index (χ1n) is 4.30. The largest absolute Gasteiger partial charge is 0.299 e. The molecule has 0 N–H and O–H groups in total. The predicted octanol–water partition coefficient (Wildman–Crippen LogP) is 2.35. The molecule has 0 aromatic carbocycles. The minimum Gasteiger partial charge on any atom is -0.299 e. The second kappa shape index (κ2) is 4.15. The average molecular weight is 172 g/mol. The van der Waals surface area contributed by atoms with E-state index in [0.717, 1.165) is 24.3 Å². The number of hydrogen-bond donors (Lipinski definition) is 0. The summed E-state index contributed by atoms with van der Waals surface area (Å²) in [7, 11) is 0. The predicted molar refractivity (Wildman–Crippen MR) is 49.9 cm³/mol.